The molecule has 0 saturated heterocycles. The SMILES string of the molecule is COc1ccc2cc(/C=C/C(=O)Nc3ccc(NC(=O)C4CC4)cc3)ccc2c1. The number of carbonyl (C=O) groups is 2. The van der Waals surface area contributed by atoms with Gasteiger partial charge in [-0.3, -0.25) is 9.59 Å². The van der Waals surface area contributed by atoms with Gasteiger partial charge >= 0.3 is 0 Å². The topological polar surface area (TPSA) is 67.4 Å². The maximum absolute atomic E-state index is 12.2. The molecule has 5 nitrogen and oxygen atoms in total. The molecule has 0 aromatic heterocycles. The zero-order valence-electron chi connectivity index (χ0n) is 16.1. The highest BCUT2D eigenvalue weighted by molar-refractivity contribution is 6.02. The number of amides is 2. The van der Waals surface area contributed by atoms with Crippen LogP contribution in [-0.4, -0.2) is 18.9 Å². The molecule has 3 aromatic carbocycles. The molecule has 1 aliphatic rings. The van der Waals surface area contributed by atoms with Crippen LogP contribution in [0.5, 0.6) is 5.75 Å². The maximum atomic E-state index is 12.2. The molecular weight excluding hydrogens is 364 g/mol. The number of rotatable bonds is 6. The monoisotopic (exact) mass is 386 g/mol. The van der Waals surface area contributed by atoms with E-state index in [-0.39, 0.29) is 17.7 Å². The van der Waals surface area contributed by atoms with Crippen molar-refractivity contribution in [1.82, 2.24) is 0 Å². The fourth-order valence-electron chi connectivity index (χ4n) is 3.06. The van der Waals surface area contributed by atoms with Gasteiger partial charge in [0.05, 0.1) is 7.11 Å². The van der Waals surface area contributed by atoms with Crippen LogP contribution < -0.4 is 15.4 Å². The summed E-state index contributed by atoms with van der Waals surface area (Å²) < 4.78 is 5.24. The molecule has 2 N–H and O–H groups in total. The minimum atomic E-state index is -0.213. The van der Waals surface area contributed by atoms with Crippen LogP contribution in [0.15, 0.2) is 66.7 Å². The van der Waals surface area contributed by atoms with E-state index in [0.29, 0.717) is 5.69 Å². The highest BCUT2D eigenvalue weighted by Crippen LogP contribution is 2.30. The number of ether oxygens (including phenoxy) is 1. The Morgan fingerprint density at radius 3 is 2.24 bits per heavy atom. The van der Waals surface area contributed by atoms with Crippen molar-refractivity contribution in [2.75, 3.05) is 17.7 Å². The van der Waals surface area contributed by atoms with Gasteiger partial charge in [0, 0.05) is 23.4 Å². The number of methoxy groups -OCH3 is 1. The van der Waals surface area contributed by atoms with Gasteiger partial charge < -0.3 is 15.4 Å². The summed E-state index contributed by atoms with van der Waals surface area (Å²) in [7, 11) is 1.65. The number of carbonyl (C=O) groups excluding carboxylic acids is 2. The Balaban J connectivity index is 1.36. The first-order valence-corrected chi connectivity index (χ1v) is 9.58. The number of anilines is 2. The molecule has 29 heavy (non-hydrogen) atoms. The summed E-state index contributed by atoms with van der Waals surface area (Å²) in [6, 6.07) is 19.0. The van der Waals surface area contributed by atoms with E-state index in [0.717, 1.165) is 40.6 Å². The lowest BCUT2D eigenvalue weighted by molar-refractivity contribution is -0.117. The number of nitrogens with one attached hydrogen (secondary N) is 2. The summed E-state index contributed by atoms with van der Waals surface area (Å²) in [5.74, 6) is 0.836. The van der Waals surface area contributed by atoms with Crippen LogP contribution in [0.25, 0.3) is 16.8 Å². The third-order valence-corrected chi connectivity index (χ3v) is 4.87. The molecule has 4 rings (SSSR count). The normalized spacial score (nSPS) is 13.4. The summed E-state index contributed by atoms with van der Waals surface area (Å²) in [6.45, 7) is 0. The average molecular weight is 386 g/mol. The van der Waals surface area contributed by atoms with Gasteiger partial charge in [0.1, 0.15) is 5.75 Å². The van der Waals surface area contributed by atoms with E-state index in [1.807, 2.05) is 36.4 Å². The number of hydrogen-bond acceptors (Lipinski definition) is 3. The summed E-state index contributed by atoms with van der Waals surface area (Å²) >= 11 is 0. The van der Waals surface area contributed by atoms with Crippen LogP contribution in [0.3, 0.4) is 0 Å². The molecule has 0 radical (unpaired) electrons. The van der Waals surface area contributed by atoms with Crippen molar-refractivity contribution in [3.05, 3.63) is 72.3 Å². The Morgan fingerprint density at radius 1 is 0.897 bits per heavy atom. The van der Waals surface area contributed by atoms with Crippen molar-refractivity contribution in [1.29, 1.82) is 0 Å². The van der Waals surface area contributed by atoms with Crippen LogP contribution in [0.4, 0.5) is 11.4 Å². The van der Waals surface area contributed by atoms with Crippen LogP contribution in [-0.2, 0) is 9.59 Å². The number of fused-ring (bicyclic) bond motifs is 1. The zero-order valence-corrected chi connectivity index (χ0v) is 16.1. The molecule has 146 valence electrons. The van der Waals surface area contributed by atoms with Gasteiger partial charge in [0.2, 0.25) is 11.8 Å². The van der Waals surface area contributed by atoms with E-state index in [9.17, 15) is 9.59 Å². The van der Waals surface area contributed by atoms with Crippen LogP contribution in [0.2, 0.25) is 0 Å². The van der Waals surface area contributed by atoms with E-state index in [1.165, 1.54) is 6.08 Å². The average Bonchev–Trinajstić information content (AvgIpc) is 3.58. The first-order chi connectivity index (χ1) is 14.1. The largest absolute Gasteiger partial charge is 0.497 e. The highest BCUT2D eigenvalue weighted by Gasteiger charge is 2.29. The Morgan fingerprint density at radius 2 is 1.55 bits per heavy atom. The van der Waals surface area contributed by atoms with E-state index >= 15 is 0 Å². The first kappa shape index (κ1) is 18.7. The summed E-state index contributed by atoms with van der Waals surface area (Å²) in [4.78, 5) is 24.0. The fraction of sp³-hybridized carbons (Fsp3) is 0.167. The van der Waals surface area contributed by atoms with Crippen LogP contribution in [0, 0.1) is 5.92 Å². The highest BCUT2D eigenvalue weighted by atomic mass is 16.5. The van der Waals surface area contributed by atoms with Crippen molar-refractivity contribution < 1.29 is 14.3 Å². The third-order valence-electron chi connectivity index (χ3n) is 4.87. The molecule has 0 unspecified atom stereocenters. The second kappa shape index (κ2) is 8.19. The van der Waals surface area contributed by atoms with E-state index < -0.39 is 0 Å². The smallest absolute Gasteiger partial charge is 0.248 e. The second-order valence-electron chi connectivity index (χ2n) is 7.14. The Hall–Kier alpha value is -3.60. The molecule has 5 heteroatoms. The third kappa shape index (κ3) is 4.82. The summed E-state index contributed by atoms with van der Waals surface area (Å²) in [5.41, 5.74) is 2.36. The van der Waals surface area contributed by atoms with Crippen molar-refractivity contribution in [2.45, 2.75) is 12.8 Å². The zero-order chi connectivity index (χ0) is 20.2. The Kier molecular flexibility index (Phi) is 5.29. The molecule has 1 aliphatic carbocycles. The minimum Gasteiger partial charge on any atom is -0.497 e. The lowest BCUT2D eigenvalue weighted by Crippen LogP contribution is -2.13. The molecule has 1 fully saturated rings. The standard InChI is InChI=1S/C24H22N2O3/c1-29-22-12-7-18-14-16(2-4-19(18)15-22)3-13-23(27)25-20-8-10-21(11-9-20)26-24(28)17-5-6-17/h2-4,7-15,17H,5-6H2,1H3,(H,25,27)(H,26,28)/b13-3+. The predicted molar refractivity (Wildman–Crippen MR) is 116 cm³/mol. The maximum Gasteiger partial charge on any atom is 0.248 e. The lowest BCUT2D eigenvalue weighted by atomic mass is 10.1. The first-order valence-electron chi connectivity index (χ1n) is 9.58. The molecule has 0 atom stereocenters. The number of hydrogen-bond donors (Lipinski definition) is 2. The Labute approximate surface area is 169 Å². The molecule has 1 saturated carbocycles. The molecular formula is C24H22N2O3. The second-order valence-corrected chi connectivity index (χ2v) is 7.14. The van der Waals surface area contributed by atoms with Gasteiger partial charge in [-0.2, -0.15) is 0 Å². The fourth-order valence-corrected chi connectivity index (χ4v) is 3.06. The van der Waals surface area contributed by atoms with Gasteiger partial charge in [-0.15, -0.1) is 0 Å². The Bertz CT molecular complexity index is 1080. The van der Waals surface area contributed by atoms with Crippen LogP contribution >= 0.6 is 0 Å². The van der Waals surface area contributed by atoms with E-state index in [1.54, 1.807) is 37.5 Å². The molecule has 3 aromatic rings. The number of benzene rings is 3. The van der Waals surface area contributed by atoms with Crippen LogP contribution in [0.1, 0.15) is 18.4 Å². The van der Waals surface area contributed by atoms with E-state index in [2.05, 4.69) is 10.6 Å². The van der Waals surface area contributed by atoms with Gasteiger partial charge in [-0.05, 0) is 77.7 Å². The molecule has 2 amide bonds. The summed E-state index contributed by atoms with van der Waals surface area (Å²) in [5, 5.41) is 7.87. The van der Waals surface area contributed by atoms with Crippen molar-refractivity contribution in [3.63, 3.8) is 0 Å². The van der Waals surface area contributed by atoms with Gasteiger partial charge in [-0.25, -0.2) is 0 Å². The lowest BCUT2D eigenvalue weighted by Gasteiger charge is -2.06. The summed E-state index contributed by atoms with van der Waals surface area (Å²) in [6.07, 6.45) is 5.23. The van der Waals surface area contributed by atoms with Gasteiger partial charge in [-0.1, -0.05) is 18.2 Å². The molecule has 0 bridgehead atoms. The van der Waals surface area contributed by atoms with Crippen molar-refractivity contribution in [2.24, 2.45) is 5.92 Å². The van der Waals surface area contributed by atoms with Crippen molar-refractivity contribution in [3.8, 4) is 5.75 Å². The molecule has 0 aliphatic heterocycles. The van der Waals surface area contributed by atoms with E-state index in [4.69, 9.17) is 4.74 Å². The minimum absolute atomic E-state index is 0.0681. The molecule has 0 spiro atoms. The van der Waals surface area contributed by atoms with Crippen molar-refractivity contribution >= 4 is 40.0 Å². The van der Waals surface area contributed by atoms with Gasteiger partial charge in [0.15, 0.2) is 0 Å². The predicted octanol–water partition coefficient (Wildman–Crippen LogP) is 4.85. The quantitative estimate of drug-likeness (QED) is 0.595. The van der Waals surface area contributed by atoms with Gasteiger partial charge in [0.25, 0.3) is 0 Å². The molecule has 0 heterocycles.